The molecule has 22 heavy (non-hydrogen) atoms. The van der Waals surface area contributed by atoms with Crippen LogP contribution in [0.15, 0.2) is 54.6 Å². The summed E-state index contributed by atoms with van der Waals surface area (Å²) in [4.78, 5) is 12.0. The van der Waals surface area contributed by atoms with E-state index in [1.54, 1.807) is 32.0 Å². The zero-order valence-electron chi connectivity index (χ0n) is 12.8. The van der Waals surface area contributed by atoms with E-state index in [0.29, 0.717) is 5.56 Å². The third-order valence-electron chi connectivity index (χ3n) is 3.34. The summed E-state index contributed by atoms with van der Waals surface area (Å²) in [5.41, 5.74) is -0.304. The van der Waals surface area contributed by atoms with E-state index in [4.69, 9.17) is 4.74 Å². The lowest BCUT2D eigenvalue weighted by Crippen LogP contribution is -2.42. The number of halogens is 1. The van der Waals surface area contributed by atoms with Crippen LogP contribution in [0.5, 0.6) is 5.75 Å². The quantitative estimate of drug-likeness (QED) is 0.884. The van der Waals surface area contributed by atoms with Crippen molar-refractivity contribution >= 4 is 5.91 Å². The van der Waals surface area contributed by atoms with E-state index in [0.717, 1.165) is 5.75 Å². The number of para-hydroxylation sites is 1. The smallest absolute Gasteiger partial charge is 0.224 e. The molecule has 1 amide bonds. The van der Waals surface area contributed by atoms with Crippen molar-refractivity contribution in [1.82, 2.24) is 5.32 Å². The predicted octanol–water partition coefficient (Wildman–Crippen LogP) is 3.65. The number of benzene rings is 2. The number of hydrogen-bond acceptors (Lipinski definition) is 2. The molecule has 0 aliphatic heterocycles. The van der Waals surface area contributed by atoms with Crippen molar-refractivity contribution in [3.05, 3.63) is 66.0 Å². The minimum atomic E-state index is -0.769. The summed E-state index contributed by atoms with van der Waals surface area (Å²) in [6.45, 7) is 3.84. The minimum Gasteiger partial charge on any atom is -0.493 e. The Kier molecular flexibility index (Phi) is 5.15. The molecule has 3 nitrogen and oxygen atoms in total. The number of nitrogens with one attached hydrogen (secondary N) is 1. The number of hydrogen-bond donors (Lipinski definition) is 1. The lowest BCUT2D eigenvalue weighted by Gasteiger charge is -2.27. The van der Waals surface area contributed by atoms with Crippen molar-refractivity contribution in [2.45, 2.75) is 25.8 Å². The molecule has 2 aromatic carbocycles. The van der Waals surface area contributed by atoms with Gasteiger partial charge in [0.15, 0.2) is 0 Å². The highest BCUT2D eigenvalue weighted by Gasteiger charge is 2.25. The summed E-state index contributed by atoms with van der Waals surface area (Å²) in [7, 11) is 0. The van der Waals surface area contributed by atoms with Gasteiger partial charge in [-0.25, -0.2) is 4.39 Å². The molecule has 0 aliphatic rings. The van der Waals surface area contributed by atoms with Gasteiger partial charge in [-0.2, -0.15) is 0 Å². The number of carbonyl (C=O) groups is 1. The summed E-state index contributed by atoms with van der Waals surface area (Å²) < 4.78 is 19.3. The van der Waals surface area contributed by atoms with Crippen LogP contribution in [0.2, 0.25) is 0 Å². The Labute approximate surface area is 130 Å². The minimum absolute atomic E-state index is 0.177. The fraction of sp³-hybridized carbons (Fsp3) is 0.278. The van der Waals surface area contributed by atoms with Gasteiger partial charge < -0.3 is 10.1 Å². The van der Waals surface area contributed by atoms with Crippen molar-refractivity contribution in [3.63, 3.8) is 0 Å². The number of ether oxygens (including phenoxy) is 1. The van der Waals surface area contributed by atoms with Crippen molar-refractivity contribution in [2.24, 2.45) is 0 Å². The van der Waals surface area contributed by atoms with Crippen LogP contribution in [0.3, 0.4) is 0 Å². The Morgan fingerprint density at radius 1 is 1.09 bits per heavy atom. The van der Waals surface area contributed by atoms with Gasteiger partial charge in [-0.3, -0.25) is 4.79 Å². The van der Waals surface area contributed by atoms with E-state index in [2.05, 4.69) is 5.32 Å². The molecular formula is C18H20FNO2. The van der Waals surface area contributed by atoms with Crippen LogP contribution >= 0.6 is 0 Å². The first kappa shape index (κ1) is 16.0. The maximum Gasteiger partial charge on any atom is 0.224 e. The molecule has 0 spiro atoms. The summed E-state index contributed by atoms with van der Waals surface area (Å²) in [6, 6.07) is 15.8. The van der Waals surface area contributed by atoms with Crippen LogP contribution in [0.4, 0.5) is 4.39 Å². The SMILES string of the molecule is CC(C)(NC(=O)CCOc1ccccc1)c1ccccc1F. The third-order valence-corrected chi connectivity index (χ3v) is 3.34. The first-order valence-electron chi connectivity index (χ1n) is 7.23. The Morgan fingerprint density at radius 3 is 2.41 bits per heavy atom. The Morgan fingerprint density at radius 2 is 1.73 bits per heavy atom. The summed E-state index contributed by atoms with van der Waals surface area (Å²) in [6.07, 6.45) is 0.215. The molecule has 0 aliphatic carbocycles. The van der Waals surface area contributed by atoms with Gasteiger partial charge in [0.05, 0.1) is 18.6 Å². The molecule has 4 heteroatoms. The van der Waals surface area contributed by atoms with Crippen LogP contribution in [0.25, 0.3) is 0 Å². The number of amides is 1. The van der Waals surface area contributed by atoms with Gasteiger partial charge >= 0.3 is 0 Å². The summed E-state index contributed by atoms with van der Waals surface area (Å²) >= 11 is 0. The zero-order chi connectivity index (χ0) is 16.0. The van der Waals surface area contributed by atoms with Crippen LogP contribution < -0.4 is 10.1 Å². The zero-order valence-corrected chi connectivity index (χ0v) is 12.8. The van der Waals surface area contributed by atoms with Crippen LogP contribution in [0.1, 0.15) is 25.8 Å². The average Bonchev–Trinajstić information content (AvgIpc) is 2.48. The molecule has 0 fully saturated rings. The second kappa shape index (κ2) is 7.07. The summed E-state index contributed by atoms with van der Waals surface area (Å²) in [5.74, 6) is 0.223. The normalized spacial score (nSPS) is 11.0. The average molecular weight is 301 g/mol. The van der Waals surface area contributed by atoms with Gasteiger partial charge in [-0.1, -0.05) is 36.4 Å². The van der Waals surface area contributed by atoms with Gasteiger partial charge in [-0.05, 0) is 32.0 Å². The maximum atomic E-state index is 13.8. The molecule has 116 valence electrons. The first-order chi connectivity index (χ1) is 10.5. The molecular weight excluding hydrogens is 281 g/mol. The molecule has 1 N–H and O–H groups in total. The van der Waals surface area contributed by atoms with Gasteiger partial charge in [0.2, 0.25) is 5.91 Å². The summed E-state index contributed by atoms with van der Waals surface area (Å²) in [5, 5.41) is 2.84. The van der Waals surface area contributed by atoms with Crippen LogP contribution in [-0.4, -0.2) is 12.5 Å². The second-order valence-electron chi connectivity index (χ2n) is 5.56. The van der Waals surface area contributed by atoms with E-state index in [-0.39, 0.29) is 24.8 Å². The Hall–Kier alpha value is -2.36. The number of carbonyl (C=O) groups excluding carboxylic acids is 1. The molecule has 0 bridgehead atoms. The predicted molar refractivity (Wildman–Crippen MR) is 84.1 cm³/mol. The maximum absolute atomic E-state index is 13.8. The fourth-order valence-electron chi connectivity index (χ4n) is 2.22. The second-order valence-corrected chi connectivity index (χ2v) is 5.56. The third kappa shape index (κ3) is 4.32. The van der Waals surface area contributed by atoms with E-state index < -0.39 is 5.54 Å². The van der Waals surface area contributed by atoms with Crippen molar-refractivity contribution < 1.29 is 13.9 Å². The number of rotatable bonds is 6. The van der Waals surface area contributed by atoms with E-state index in [1.165, 1.54) is 6.07 Å². The van der Waals surface area contributed by atoms with Crippen molar-refractivity contribution in [3.8, 4) is 5.75 Å². The van der Waals surface area contributed by atoms with Crippen LogP contribution in [-0.2, 0) is 10.3 Å². The molecule has 0 saturated heterocycles. The van der Waals surface area contributed by atoms with Crippen molar-refractivity contribution in [1.29, 1.82) is 0 Å². The van der Waals surface area contributed by atoms with Crippen molar-refractivity contribution in [2.75, 3.05) is 6.61 Å². The Bertz CT molecular complexity index is 626. The molecule has 0 radical (unpaired) electrons. The molecule has 0 aromatic heterocycles. The molecule has 0 unspecified atom stereocenters. The molecule has 0 heterocycles. The molecule has 2 rings (SSSR count). The molecule has 2 aromatic rings. The van der Waals surface area contributed by atoms with Gasteiger partial charge in [0.1, 0.15) is 11.6 Å². The molecule has 0 saturated carbocycles. The lowest BCUT2D eigenvalue weighted by atomic mass is 9.93. The largest absolute Gasteiger partial charge is 0.493 e. The van der Waals surface area contributed by atoms with E-state index >= 15 is 0 Å². The topological polar surface area (TPSA) is 38.3 Å². The highest BCUT2D eigenvalue weighted by Crippen LogP contribution is 2.22. The fourth-order valence-corrected chi connectivity index (χ4v) is 2.22. The lowest BCUT2D eigenvalue weighted by molar-refractivity contribution is -0.123. The molecule has 0 atom stereocenters. The van der Waals surface area contributed by atoms with Gasteiger partial charge in [-0.15, -0.1) is 0 Å². The monoisotopic (exact) mass is 301 g/mol. The Balaban J connectivity index is 1.87. The first-order valence-corrected chi connectivity index (χ1v) is 7.23. The highest BCUT2D eigenvalue weighted by molar-refractivity contribution is 5.77. The van der Waals surface area contributed by atoms with Gasteiger partial charge in [0, 0.05) is 5.56 Å². The van der Waals surface area contributed by atoms with Crippen LogP contribution in [0, 0.1) is 5.82 Å². The van der Waals surface area contributed by atoms with Gasteiger partial charge in [0.25, 0.3) is 0 Å². The van der Waals surface area contributed by atoms with E-state index in [9.17, 15) is 9.18 Å². The highest BCUT2D eigenvalue weighted by atomic mass is 19.1. The van der Waals surface area contributed by atoms with E-state index in [1.807, 2.05) is 30.3 Å². The standard InChI is InChI=1S/C18H20FNO2/c1-18(2,15-10-6-7-11-16(15)19)20-17(21)12-13-22-14-8-4-3-5-9-14/h3-11H,12-13H2,1-2H3,(H,20,21).